The predicted molar refractivity (Wildman–Crippen MR) is 311 cm³/mol. The third-order valence-electron chi connectivity index (χ3n) is 13.8. The summed E-state index contributed by atoms with van der Waals surface area (Å²) in [4.78, 5) is 25.0. The van der Waals surface area contributed by atoms with Crippen molar-refractivity contribution in [2.75, 3.05) is 19.8 Å². The number of aliphatic hydroxyl groups is 2. The average molecular weight is 1030 g/mol. The molecule has 0 aliphatic carbocycles. The maximum atomic E-state index is 14.3. The van der Waals surface area contributed by atoms with Crippen LogP contribution in [0.3, 0.4) is 0 Å². The zero-order chi connectivity index (χ0) is 52.7. The Bertz CT molecular complexity index is 1420. The van der Waals surface area contributed by atoms with Gasteiger partial charge in [0.25, 0.3) is 0 Å². The molecule has 2 unspecified atom stereocenters. The van der Waals surface area contributed by atoms with Gasteiger partial charge in [-0.05, 0) is 37.7 Å². The largest absolute Gasteiger partial charge is 0.472 e. The molecule has 0 aromatic carbocycles. The number of hydrogen-bond acceptors (Lipinski definition) is 7. The van der Waals surface area contributed by atoms with Crippen LogP contribution in [0.15, 0.2) is 71.9 Å². The zero-order valence-electron chi connectivity index (χ0n) is 47.2. The van der Waals surface area contributed by atoms with Gasteiger partial charge in [-0.15, -0.1) is 0 Å². The summed E-state index contributed by atoms with van der Waals surface area (Å²) < 4.78 is 23.9. The Morgan fingerprint density at radius 1 is 0.486 bits per heavy atom. The van der Waals surface area contributed by atoms with Gasteiger partial charge in [0.05, 0.1) is 13.2 Å². The Morgan fingerprint density at radius 3 is 1.19 bits per heavy atom. The standard InChI is InChI=1S/C63H116NO7P/c1-4-7-10-13-16-19-22-25-28-31-33-36-39-42-45-48-51-54-61(63(56-64)71-72(68,69)70-58-59(66)57-65)60(53-50-47-44-41-38-35-32-29-26-23-20-17-14-11-8-5-2)62(67)55-52-49-46-43-40-37-34-30-27-24-21-18-15-12-9-6-3/h28,31,33,36,39,42,45,48,51,54,59,63,65-66H,4-27,29-30,32,34-35,37-38,40-41,43-44,46-47,49-50,52-53,55-58,64H2,1-3H3,(H,68,69)/t59-,63?/m1/s1. The SMILES string of the molecule is CCCCCCCCCC=CC=CC=CC=CC=CC(=C(CCCCCCCCCCCCCCCCCC)C(=O)CCCCCCCCCCCCCCCCCC)C(CN)OP(=O)(O)OC[C@H](O)CO. The van der Waals surface area contributed by atoms with Gasteiger partial charge in [0.2, 0.25) is 0 Å². The van der Waals surface area contributed by atoms with Gasteiger partial charge in [-0.2, -0.15) is 0 Å². The van der Waals surface area contributed by atoms with Crippen LogP contribution in [0.2, 0.25) is 0 Å². The van der Waals surface area contributed by atoms with E-state index in [1.807, 2.05) is 42.5 Å². The minimum atomic E-state index is -4.73. The van der Waals surface area contributed by atoms with Crippen molar-refractivity contribution >= 4 is 13.6 Å². The van der Waals surface area contributed by atoms with Crippen molar-refractivity contribution in [2.24, 2.45) is 5.73 Å². The van der Waals surface area contributed by atoms with E-state index in [1.54, 1.807) is 6.08 Å². The van der Waals surface area contributed by atoms with Gasteiger partial charge < -0.3 is 20.8 Å². The molecule has 0 aromatic rings. The van der Waals surface area contributed by atoms with Crippen LogP contribution in [0.5, 0.6) is 0 Å². The first-order valence-corrected chi connectivity index (χ1v) is 32.0. The van der Waals surface area contributed by atoms with Gasteiger partial charge in [0.15, 0.2) is 5.78 Å². The molecule has 5 N–H and O–H groups in total. The number of phosphoric acid groups is 1. The molecule has 0 radical (unpaired) electrons. The molecule has 0 aliphatic heterocycles. The van der Waals surface area contributed by atoms with Crippen LogP contribution in [0, 0.1) is 0 Å². The molecule has 0 heterocycles. The van der Waals surface area contributed by atoms with E-state index in [9.17, 15) is 24.5 Å². The second-order valence-corrected chi connectivity index (χ2v) is 22.2. The number of ketones is 1. The van der Waals surface area contributed by atoms with E-state index < -0.39 is 33.2 Å². The summed E-state index contributed by atoms with van der Waals surface area (Å²) in [5.41, 5.74) is 7.36. The van der Waals surface area contributed by atoms with Crippen LogP contribution in [0.1, 0.15) is 290 Å². The molecule has 0 aliphatic rings. The first-order chi connectivity index (χ1) is 35.3. The van der Waals surface area contributed by atoms with Crippen LogP contribution < -0.4 is 5.73 Å². The number of rotatable bonds is 56. The van der Waals surface area contributed by atoms with Gasteiger partial charge >= 0.3 is 7.82 Å². The lowest BCUT2D eigenvalue weighted by Gasteiger charge is -2.24. The van der Waals surface area contributed by atoms with Gasteiger partial charge in [-0.3, -0.25) is 13.8 Å². The Balaban J connectivity index is 5.73. The molecule has 0 saturated carbocycles. The molecule has 0 fully saturated rings. The van der Waals surface area contributed by atoms with Gasteiger partial charge in [-0.25, -0.2) is 4.57 Å². The molecule has 0 rings (SSSR count). The minimum absolute atomic E-state index is 0.0291. The highest BCUT2D eigenvalue weighted by molar-refractivity contribution is 7.47. The second-order valence-electron chi connectivity index (χ2n) is 20.7. The van der Waals surface area contributed by atoms with E-state index in [4.69, 9.17) is 14.8 Å². The normalized spacial score (nSPS) is 14.5. The van der Waals surface area contributed by atoms with Crippen molar-refractivity contribution in [1.29, 1.82) is 0 Å². The maximum absolute atomic E-state index is 14.3. The summed E-state index contributed by atoms with van der Waals surface area (Å²) >= 11 is 0. The van der Waals surface area contributed by atoms with E-state index >= 15 is 0 Å². The lowest BCUT2D eigenvalue weighted by atomic mass is 9.91. The van der Waals surface area contributed by atoms with Gasteiger partial charge in [0.1, 0.15) is 12.2 Å². The fraction of sp³-hybridized carbons (Fsp3) is 0.794. The maximum Gasteiger partial charge on any atom is 0.472 e. The monoisotopic (exact) mass is 1030 g/mol. The second kappa shape index (κ2) is 55.3. The molecule has 72 heavy (non-hydrogen) atoms. The van der Waals surface area contributed by atoms with Crippen LogP contribution in [-0.4, -0.2) is 52.9 Å². The van der Waals surface area contributed by atoms with E-state index in [0.717, 1.165) is 44.9 Å². The molecular formula is C63H116NO7P. The van der Waals surface area contributed by atoms with Crippen molar-refractivity contribution < 1.29 is 33.5 Å². The van der Waals surface area contributed by atoms with Crippen LogP contribution in [0.4, 0.5) is 0 Å². The molecular weight excluding hydrogens is 914 g/mol. The van der Waals surface area contributed by atoms with Crippen molar-refractivity contribution in [2.45, 2.75) is 303 Å². The smallest absolute Gasteiger partial charge is 0.394 e. The number of phosphoric ester groups is 1. The topological polar surface area (TPSA) is 139 Å². The Labute approximate surface area is 445 Å². The molecule has 0 aromatic heterocycles. The highest BCUT2D eigenvalue weighted by atomic mass is 31.2. The summed E-state index contributed by atoms with van der Waals surface area (Å²) in [6.45, 7) is 5.43. The first kappa shape index (κ1) is 70.1. The van der Waals surface area contributed by atoms with Crippen LogP contribution >= 0.6 is 7.82 Å². The van der Waals surface area contributed by atoms with Gasteiger partial charge in [0, 0.05) is 18.5 Å². The number of hydrogen-bond donors (Lipinski definition) is 4. The lowest BCUT2D eigenvalue weighted by Crippen LogP contribution is -2.28. The van der Waals surface area contributed by atoms with E-state index in [-0.39, 0.29) is 12.3 Å². The molecule has 3 atom stereocenters. The molecule has 8 nitrogen and oxygen atoms in total. The summed E-state index contributed by atoms with van der Waals surface area (Å²) in [6, 6.07) is 0. The predicted octanol–water partition coefficient (Wildman–Crippen LogP) is 18.9. The molecule has 0 amide bonds. The molecule has 0 saturated heterocycles. The number of allylic oxidation sites excluding steroid dienone is 10. The van der Waals surface area contributed by atoms with Crippen LogP contribution in [-0.2, 0) is 18.4 Å². The average Bonchev–Trinajstić information content (AvgIpc) is 3.38. The summed E-state index contributed by atoms with van der Waals surface area (Å²) in [5, 5.41) is 19.1. The molecule has 420 valence electrons. The number of nitrogens with two attached hydrogens (primary N) is 1. The number of carbonyl (C=O) groups excluding carboxylic acids is 1. The molecule has 9 heteroatoms. The van der Waals surface area contributed by atoms with Crippen molar-refractivity contribution in [1.82, 2.24) is 0 Å². The number of aliphatic hydroxyl groups excluding tert-OH is 2. The Hall–Kier alpha value is -1.90. The fourth-order valence-corrected chi connectivity index (χ4v) is 10.2. The number of unbranched alkanes of at least 4 members (excludes halogenated alkanes) is 37. The fourth-order valence-electron chi connectivity index (χ4n) is 9.27. The molecule has 0 bridgehead atoms. The lowest BCUT2D eigenvalue weighted by molar-refractivity contribution is -0.116. The summed E-state index contributed by atoms with van der Waals surface area (Å²) in [7, 11) is -4.73. The number of Topliss-reactive ketones (excluding diaryl/α,β-unsaturated/α-hetero) is 1. The summed E-state index contributed by atoms with van der Waals surface area (Å²) in [6.07, 6.45) is 68.8. The summed E-state index contributed by atoms with van der Waals surface area (Å²) in [5.74, 6) is 0.0291. The van der Waals surface area contributed by atoms with E-state index in [1.165, 1.54) is 212 Å². The third-order valence-corrected chi connectivity index (χ3v) is 14.8. The Kier molecular flexibility index (Phi) is 53.9. The van der Waals surface area contributed by atoms with E-state index in [2.05, 4.69) is 32.9 Å². The Morgan fingerprint density at radius 2 is 0.819 bits per heavy atom. The minimum Gasteiger partial charge on any atom is -0.394 e. The van der Waals surface area contributed by atoms with Crippen LogP contribution in [0.25, 0.3) is 0 Å². The third kappa shape index (κ3) is 47.8. The van der Waals surface area contributed by atoms with Crippen molar-refractivity contribution in [3.63, 3.8) is 0 Å². The van der Waals surface area contributed by atoms with Gasteiger partial charge in [-0.1, -0.05) is 313 Å². The number of carbonyl (C=O) groups is 1. The molecule has 0 spiro atoms. The highest BCUT2D eigenvalue weighted by Crippen LogP contribution is 2.46. The van der Waals surface area contributed by atoms with Crippen molar-refractivity contribution in [3.05, 3.63) is 71.9 Å². The first-order valence-electron chi connectivity index (χ1n) is 30.5. The highest BCUT2D eigenvalue weighted by Gasteiger charge is 2.30. The van der Waals surface area contributed by atoms with E-state index in [0.29, 0.717) is 24.0 Å². The zero-order valence-corrected chi connectivity index (χ0v) is 48.1. The quantitative estimate of drug-likeness (QED) is 0.0204. The van der Waals surface area contributed by atoms with Crippen molar-refractivity contribution in [3.8, 4) is 0 Å².